The van der Waals surface area contributed by atoms with Crippen LogP contribution in [0.2, 0.25) is 0 Å². The second-order valence-electron chi connectivity index (χ2n) is 5.02. The van der Waals surface area contributed by atoms with Crippen molar-refractivity contribution >= 4 is 5.91 Å². The molecule has 0 saturated heterocycles. The lowest BCUT2D eigenvalue weighted by atomic mass is 9.92. The van der Waals surface area contributed by atoms with Gasteiger partial charge in [-0.25, -0.2) is 4.39 Å². The van der Waals surface area contributed by atoms with Crippen LogP contribution in [0.1, 0.15) is 41.6 Å². The lowest BCUT2D eigenvalue weighted by Crippen LogP contribution is -2.41. The number of aliphatic hydroxyl groups excluding tert-OH is 1. The van der Waals surface area contributed by atoms with E-state index in [-0.39, 0.29) is 17.7 Å². The van der Waals surface area contributed by atoms with Crippen molar-refractivity contribution in [3.63, 3.8) is 0 Å². The van der Waals surface area contributed by atoms with Gasteiger partial charge in [-0.15, -0.1) is 0 Å². The van der Waals surface area contributed by atoms with E-state index in [1.807, 2.05) is 0 Å². The molecule has 2 atom stereocenters. The van der Waals surface area contributed by atoms with Crippen molar-refractivity contribution < 1.29 is 14.3 Å². The summed E-state index contributed by atoms with van der Waals surface area (Å²) < 4.78 is 13.6. The monoisotopic (exact) mass is 266 g/mol. The molecule has 4 nitrogen and oxygen atoms in total. The molecule has 1 saturated carbocycles. The maximum Gasteiger partial charge on any atom is 0.251 e. The second kappa shape index (κ2) is 6.12. The van der Waals surface area contributed by atoms with Crippen LogP contribution in [0, 0.1) is 5.82 Å². The number of aliphatic hydroxyl groups is 1. The van der Waals surface area contributed by atoms with Gasteiger partial charge in [0.1, 0.15) is 5.82 Å². The van der Waals surface area contributed by atoms with Crippen molar-refractivity contribution in [3.8, 4) is 0 Å². The highest BCUT2D eigenvalue weighted by molar-refractivity contribution is 5.93. The SMILES string of the molecule is NC(=O)c1ccc(CN[C@@H]2CCCC[C@@H]2O)cc1F. The molecule has 1 fully saturated rings. The molecule has 0 spiro atoms. The molecule has 19 heavy (non-hydrogen) atoms. The van der Waals surface area contributed by atoms with Crippen molar-refractivity contribution in [1.29, 1.82) is 0 Å². The van der Waals surface area contributed by atoms with Crippen LogP contribution in [0.15, 0.2) is 18.2 Å². The van der Waals surface area contributed by atoms with Gasteiger partial charge in [-0.2, -0.15) is 0 Å². The molecule has 104 valence electrons. The molecule has 4 N–H and O–H groups in total. The predicted octanol–water partition coefficient (Wildman–Crippen LogP) is 1.32. The zero-order valence-corrected chi connectivity index (χ0v) is 10.7. The molecule has 0 aromatic heterocycles. The fraction of sp³-hybridized carbons (Fsp3) is 0.500. The van der Waals surface area contributed by atoms with Gasteiger partial charge in [0.05, 0.1) is 11.7 Å². The van der Waals surface area contributed by atoms with Gasteiger partial charge >= 0.3 is 0 Å². The summed E-state index contributed by atoms with van der Waals surface area (Å²) in [5.41, 5.74) is 5.69. The zero-order valence-electron chi connectivity index (χ0n) is 10.7. The minimum atomic E-state index is -0.764. The highest BCUT2D eigenvalue weighted by atomic mass is 19.1. The van der Waals surface area contributed by atoms with E-state index in [0.29, 0.717) is 6.54 Å². The number of nitrogens with two attached hydrogens (primary N) is 1. The first kappa shape index (κ1) is 14.0. The number of hydrogen-bond acceptors (Lipinski definition) is 3. The minimum Gasteiger partial charge on any atom is -0.392 e. The topological polar surface area (TPSA) is 75.4 Å². The number of hydrogen-bond donors (Lipinski definition) is 3. The molecule has 1 amide bonds. The summed E-state index contributed by atoms with van der Waals surface area (Å²) in [5.74, 6) is -1.37. The number of nitrogens with one attached hydrogen (secondary N) is 1. The Morgan fingerprint density at radius 2 is 2.16 bits per heavy atom. The third-order valence-corrected chi connectivity index (χ3v) is 3.60. The van der Waals surface area contributed by atoms with Gasteiger partial charge in [-0.3, -0.25) is 4.79 Å². The first-order valence-corrected chi connectivity index (χ1v) is 6.57. The molecule has 0 unspecified atom stereocenters. The third-order valence-electron chi connectivity index (χ3n) is 3.60. The van der Waals surface area contributed by atoms with E-state index in [4.69, 9.17) is 5.73 Å². The summed E-state index contributed by atoms with van der Waals surface area (Å²) in [7, 11) is 0. The summed E-state index contributed by atoms with van der Waals surface area (Å²) in [6, 6.07) is 4.44. The molecule has 0 radical (unpaired) electrons. The Kier molecular flexibility index (Phi) is 4.50. The van der Waals surface area contributed by atoms with Gasteiger partial charge in [-0.1, -0.05) is 18.9 Å². The number of rotatable bonds is 4. The maximum absolute atomic E-state index is 13.6. The Hall–Kier alpha value is -1.46. The van der Waals surface area contributed by atoms with E-state index in [1.165, 1.54) is 12.1 Å². The lowest BCUT2D eigenvalue weighted by Gasteiger charge is -2.28. The standard InChI is InChI=1S/C14H19FN2O2/c15-11-7-9(5-6-10(11)14(16)19)8-17-12-3-1-2-4-13(12)18/h5-7,12-13,17-18H,1-4,8H2,(H2,16,19)/t12-,13+/m1/s1. The van der Waals surface area contributed by atoms with Gasteiger partial charge in [0.15, 0.2) is 0 Å². The summed E-state index contributed by atoms with van der Waals surface area (Å²) in [6.45, 7) is 0.470. The number of benzene rings is 1. The van der Waals surface area contributed by atoms with Crippen LogP contribution in [-0.4, -0.2) is 23.2 Å². The normalized spacial score (nSPS) is 23.3. The Morgan fingerprint density at radius 3 is 2.79 bits per heavy atom. The molecule has 0 bridgehead atoms. The first-order chi connectivity index (χ1) is 9.08. The van der Waals surface area contributed by atoms with Crippen molar-refractivity contribution in [2.45, 2.75) is 44.4 Å². The molecular formula is C14H19FN2O2. The van der Waals surface area contributed by atoms with Crippen LogP contribution in [0.25, 0.3) is 0 Å². The number of carbonyl (C=O) groups excluding carboxylic acids is 1. The van der Waals surface area contributed by atoms with Crippen LogP contribution in [0.4, 0.5) is 4.39 Å². The van der Waals surface area contributed by atoms with Crippen LogP contribution in [0.3, 0.4) is 0 Å². The molecule has 1 aromatic rings. The number of amides is 1. The van der Waals surface area contributed by atoms with Crippen molar-refractivity contribution in [1.82, 2.24) is 5.32 Å². The van der Waals surface area contributed by atoms with Crippen LogP contribution < -0.4 is 11.1 Å². The van der Waals surface area contributed by atoms with Crippen LogP contribution >= 0.6 is 0 Å². The number of halogens is 1. The number of primary amides is 1. The van der Waals surface area contributed by atoms with Gasteiger partial charge in [0, 0.05) is 12.6 Å². The van der Waals surface area contributed by atoms with Gasteiger partial charge < -0.3 is 16.2 Å². The molecule has 0 aliphatic heterocycles. The van der Waals surface area contributed by atoms with E-state index in [0.717, 1.165) is 31.2 Å². The average Bonchev–Trinajstić information content (AvgIpc) is 2.37. The van der Waals surface area contributed by atoms with E-state index in [9.17, 15) is 14.3 Å². The molecule has 1 aliphatic rings. The third kappa shape index (κ3) is 3.52. The Balaban J connectivity index is 1.96. The highest BCUT2D eigenvalue weighted by Gasteiger charge is 2.22. The summed E-state index contributed by atoms with van der Waals surface area (Å²) in [5, 5.41) is 13.1. The molecule has 1 aromatic carbocycles. The van der Waals surface area contributed by atoms with Crippen molar-refractivity contribution in [2.75, 3.05) is 0 Å². The first-order valence-electron chi connectivity index (χ1n) is 6.57. The van der Waals surface area contributed by atoms with Crippen molar-refractivity contribution in [3.05, 3.63) is 35.1 Å². The highest BCUT2D eigenvalue weighted by Crippen LogP contribution is 2.19. The smallest absolute Gasteiger partial charge is 0.251 e. The minimum absolute atomic E-state index is 0.0626. The Bertz CT molecular complexity index is 465. The predicted molar refractivity (Wildman–Crippen MR) is 70.0 cm³/mol. The van der Waals surface area contributed by atoms with E-state index in [1.54, 1.807) is 6.07 Å². The Labute approximate surface area is 111 Å². The van der Waals surface area contributed by atoms with Crippen LogP contribution in [-0.2, 0) is 6.54 Å². The van der Waals surface area contributed by atoms with Gasteiger partial charge in [0.25, 0.3) is 5.91 Å². The molecule has 1 aliphatic carbocycles. The lowest BCUT2D eigenvalue weighted by molar-refractivity contribution is 0.0902. The molecule has 2 rings (SSSR count). The fourth-order valence-electron chi connectivity index (χ4n) is 2.47. The fourth-order valence-corrected chi connectivity index (χ4v) is 2.47. The van der Waals surface area contributed by atoms with E-state index >= 15 is 0 Å². The maximum atomic E-state index is 13.6. The molecular weight excluding hydrogens is 247 g/mol. The largest absolute Gasteiger partial charge is 0.392 e. The zero-order chi connectivity index (χ0) is 13.8. The quantitative estimate of drug-likeness (QED) is 0.769. The van der Waals surface area contributed by atoms with Gasteiger partial charge in [-0.05, 0) is 30.5 Å². The Morgan fingerprint density at radius 1 is 1.42 bits per heavy atom. The van der Waals surface area contributed by atoms with E-state index < -0.39 is 11.7 Å². The summed E-state index contributed by atoms with van der Waals surface area (Å²) in [6.07, 6.45) is 3.57. The average molecular weight is 266 g/mol. The second-order valence-corrected chi connectivity index (χ2v) is 5.02. The molecule has 5 heteroatoms. The van der Waals surface area contributed by atoms with Crippen LogP contribution in [0.5, 0.6) is 0 Å². The summed E-state index contributed by atoms with van der Waals surface area (Å²) >= 11 is 0. The van der Waals surface area contributed by atoms with Crippen molar-refractivity contribution in [2.24, 2.45) is 5.73 Å². The molecule has 0 heterocycles. The van der Waals surface area contributed by atoms with Gasteiger partial charge in [0.2, 0.25) is 0 Å². The summed E-state index contributed by atoms with van der Waals surface area (Å²) in [4.78, 5) is 10.9. The van der Waals surface area contributed by atoms with E-state index in [2.05, 4.69) is 5.32 Å². The number of carbonyl (C=O) groups is 1.